The highest BCUT2D eigenvalue weighted by molar-refractivity contribution is 5.89. The van der Waals surface area contributed by atoms with Crippen molar-refractivity contribution in [3.05, 3.63) is 101 Å². The Hall–Kier alpha value is -3.60. The van der Waals surface area contributed by atoms with E-state index < -0.39 is 11.6 Å². The van der Waals surface area contributed by atoms with E-state index in [-0.39, 0.29) is 24.3 Å². The minimum absolute atomic E-state index is 0.149. The fraction of sp³-hybridized carbons (Fsp3) is 0.375. The van der Waals surface area contributed by atoms with Gasteiger partial charge < -0.3 is 15.0 Å². The van der Waals surface area contributed by atoms with Crippen LogP contribution in [-0.4, -0.2) is 34.9 Å². The molecule has 0 aliphatic rings. The number of nitrogens with zero attached hydrogens (tertiary/aromatic N) is 1. The number of amides is 2. The molecule has 37 heavy (non-hydrogen) atoms. The Morgan fingerprint density at radius 2 is 1.51 bits per heavy atom. The van der Waals surface area contributed by atoms with Crippen LogP contribution in [0.5, 0.6) is 5.75 Å². The molecule has 5 heteroatoms. The predicted octanol–water partition coefficient (Wildman–Crippen LogP) is 6.05. The van der Waals surface area contributed by atoms with Crippen LogP contribution in [0.15, 0.2) is 78.9 Å². The van der Waals surface area contributed by atoms with Gasteiger partial charge in [-0.25, -0.2) is 0 Å². The molecule has 2 amide bonds. The Bertz CT molecular complexity index is 1180. The lowest BCUT2D eigenvalue weighted by Crippen LogP contribution is -2.55. The van der Waals surface area contributed by atoms with Crippen LogP contribution < -0.4 is 10.1 Å². The SMILES string of the molecule is Cc1ccccc1CN(C(=O)COc1ccccc1C(C)C)[C@H](Cc1ccccc1)C(=O)NC(C)(C)C. The summed E-state index contributed by atoms with van der Waals surface area (Å²) in [5.41, 5.74) is 3.68. The lowest BCUT2D eigenvalue weighted by Gasteiger charge is -2.34. The molecule has 0 aliphatic heterocycles. The smallest absolute Gasteiger partial charge is 0.261 e. The predicted molar refractivity (Wildman–Crippen MR) is 150 cm³/mol. The van der Waals surface area contributed by atoms with E-state index in [0.29, 0.717) is 18.7 Å². The van der Waals surface area contributed by atoms with Crippen molar-refractivity contribution in [2.24, 2.45) is 0 Å². The molecule has 0 aliphatic carbocycles. The van der Waals surface area contributed by atoms with Crippen molar-refractivity contribution in [1.82, 2.24) is 10.2 Å². The summed E-state index contributed by atoms with van der Waals surface area (Å²) in [6.07, 6.45) is 0.406. The molecule has 0 heterocycles. The first-order valence-electron chi connectivity index (χ1n) is 13.0. The third kappa shape index (κ3) is 8.21. The monoisotopic (exact) mass is 500 g/mol. The van der Waals surface area contributed by atoms with Gasteiger partial charge in [0.1, 0.15) is 11.8 Å². The van der Waals surface area contributed by atoms with E-state index in [1.165, 1.54) is 0 Å². The van der Waals surface area contributed by atoms with Crippen molar-refractivity contribution in [3.63, 3.8) is 0 Å². The quantitative estimate of drug-likeness (QED) is 0.369. The molecule has 3 rings (SSSR count). The van der Waals surface area contributed by atoms with E-state index >= 15 is 0 Å². The van der Waals surface area contributed by atoms with Gasteiger partial charge in [-0.3, -0.25) is 9.59 Å². The van der Waals surface area contributed by atoms with Crippen LogP contribution in [0.3, 0.4) is 0 Å². The van der Waals surface area contributed by atoms with Crippen molar-refractivity contribution in [2.45, 2.75) is 72.0 Å². The minimum Gasteiger partial charge on any atom is -0.483 e. The van der Waals surface area contributed by atoms with E-state index in [2.05, 4.69) is 19.2 Å². The molecular formula is C32H40N2O3. The van der Waals surface area contributed by atoms with Gasteiger partial charge >= 0.3 is 0 Å². The molecule has 196 valence electrons. The van der Waals surface area contributed by atoms with Crippen LogP contribution in [0.2, 0.25) is 0 Å². The zero-order valence-corrected chi connectivity index (χ0v) is 23.0. The molecule has 3 aromatic rings. The number of para-hydroxylation sites is 1. The zero-order valence-electron chi connectivity index (χ0n) is 23.0. The normalized spacial score (nSPS) is 12.2. The fourth-order valence-electron chi connectivity index (χ4n) is 4.29. The van der Waals surface area contributed by atoms with Gasteiger partial charge in [-0.15, -0.1) is 0 Å². The zero-order chi connectivity index (χ0) is 27.0. The molecule has 0 fully saturated rings. The number of rotatable bonds is 10. The highest BCUT2D eigenvalue weighted by Crippen LogP contribution is 2.26. The Balaban J connectivity index is 1.96. The third-order valence-corrected chi connectivity index (χ3v) is 6.26. The van der Waals surface area contributed by atoms with Crippen molar-refractivity contribution in [2.75, 3.05) is 6.61 Å². The number of hydrogen-bond acceptors (Lipinski definition) is 3. The van der Waals surface area contributed by atoms with Gasteiger partial charge in [0.15, 0.2) is 6.61 Å². The van der Waals surface area contributed by atoms with Gasteiger partial charge in [0, 0.05) is 18.5 Å². The summed E-state index contributed by atoms with van der Waals surface area (Å²) in [6, 6.07) is 24.9. The Morgan fingerprint density at radius 1 is 0.892 bits per heavy atom. The molecule has 0 aromatic heterocycles. The first kappa shape index (κ1) is 28.0. The second-order valence-electron chi connectivity index (χ2n) is 10.9. The van der Waals surface area contributed by atoms with E-state index in [4.69, 9.17) is 4.74 Å². The van der Waals surface area contributed by atoms with Crippen LogP contribution in [0.4, 0.5) is 0 Å². The van der Waals surface area contributed by atoms with Gasteiger partial charge in [-0.2, -0.15) is 0 Å². The van der Waals surface area contributed by atoms with E-state index in [0.717, 1.165) is 22.3 Å². The maximum atomic E-state index is 13.8. The molecule has 0 saturated carbocycles. The average Bonchev–Trinajstić information content (AvgIpc) is 2.85. The van der Waals surface area contributed by atoms with Crippen molar-refractivity contribution >= 4 is 11.8 Å². The third-order valence-electron chi connectivity index (χ3n) is 6.26. The van der Waals surface area contributed by atoms with Crippen LogP contribution in [0, 0.1) is 6.92 Å². The fourth-order valence-corrected chi connectivity index (χ4v) is 4.29. The lowest BCUT2D eigenvalue weighted by molar-refractivity contribution is -0.143. The summed E-state index contributed by atoms with van der Waals surface area (Å²) in [7, 11) is 0. The molecule has 0 spiro atoms. The summed E-state index contributed by atoms with van der Waals surface area (Å²) < 4.78 is 6.07. The Kier molecular flexibility index (Phi) is 9.51. The number of benzene rings is 3. The standard InChI is InChI=1S/C32H40N2O3/c1-23(2)27-18-12-13-19-29(27)37-22-30(35)34(21-26-17-11-10-14-24(26)3)28(31(36)33-32(4,5)6)20-25-15-8-7-9-16-25/h7-19,23,28H,20-22H2,1-6H3,(H,33,36)/t28-/m1/s1. The van der Waals surface area contributed by atoms with Gasteiger partial charge in [-0.05, 0) is 61.9 Å². The Labute approximate surface area is 221 Å². The highest BCUT2D eigenvalue weighted by Gasteiger charge is 2.32. The maximum Gasteiger partial charge on any atom is 0.261 e. The van der Waals surface area contributed by atoms with Crippen LogP contribution in [0.25, 0.3) is 0 Å². The second-order valence-corrected chi connectivity index (χ2v) is 10.9. The number of nitrogens with one attached hydrogen (secondary N) is 1. The summed E-state index contributed by atoms with van der Waals surface area (Å²) in [4.78, 5) is 29.2. The first-order chi connectivity index (χ1) is 17.5. The largest absolute Gasteiger partial charge is 0.483 e. The summed E-state index contributed by atoms with van der Waals surface area (Å²) in [6.45, 7) is 12.2. The average molecular weight is 501 g/mol. The van der Waals surface area contributed by atoms with Crippen molar-refractivity contribution in [1.29, 1.82) is 0 Å². The number of carbonyl (C=O) groups is 2. The minimum atomic E-state index is -0.697. The summed E-state index contributed by atoms with van der Waals surface area (Å²) in [5, 5.41) is 3.10. The molecular weight excluding hydrogens is 460 g/mol. The lowest BCUT2D eigenvalue weighted by atomic mass is 10.00. The highest BCUT2D eigenvalue weighted by atomic mass is 16.5. The Morgan fingerprint density at radius 3 is 2.16 bits per heavy atom. The second kappa shape index (κ2) is 12.6. The van der Waals surface area contributed by atoms with E-state index in [1.54, 1.807) is 4.90 Å². The van der Waals surface area contributed by atoms with Crippen molar-refractivity contribution < 1.29 is 14.3 Å². The molecule has 1 N–H and O–H groups in total. The van der Waals surface area contributed by atoms with Gasteiger partial charge in [-0.1, -0.05) is 86.6 Å². The molecule has 1 atom stereocenters. The molecule has 0 saturated heterocycles. The molecule has 0 radical (unpaired) electrons. The molecule has 0 bridgehead atoms. The molecule has 0 unspecified atom stereocenters. The maximum absolute atomic E-state index is 13.8. The van der Waals surface area contributed by atoms with Crippen LogP contribution >= 0.6 is 0 Å². The molecule has 3 aromatic carbocycles. The topological polar surface area (TPSA) is 58.6 Å². The van der Waals surface area contributed by atoms with Gasteiger partial charge in [0.25, 0.3) is 5.91 Å². The van der Waals surface area contributed by atoms with Crippen LogP contribution in [-0.2, 0) is 22.6 Å². The number of hydrogen-bond donors (Lipinski definition) is 1. The van der Waals surface area contributed by atoms with E-state index in [1.807, 2.05) is 107 Å². The first-order valence-corrected chi connectivity index (χ1v) is 13.0. The summed E-state index contributed by atoms with van der Waals surface area (Å²) in [5.74, 6) is 0.547. The number of ether oxygens (including phenoxy) is 1. The molecule has 5 nitrogen and oxygen atoms in total. The van der Waals surface area contributed by atoms with Gasteiger partial charge in [0.05, 0.1) is 0 Å². The van der Waals surface area contributed by atoms with E-state index in [9.17, 15) is 9.59 Å². The number of carbonyl (C=O) groups excluding carboxylic acids is 2. The summed E-state index contributed by atoms with van der Waals surface area (Å²) >= 11 is 0. The number of aryl methyl sites for hydroxylation is 1. The van der Waals surface area contributed by atoms with Crippen LogP contribution in [0.1, 0.15) is 62.8 Å². The van der Waals surface area contributed by atoms with Gasteiger partial charge in [0.2, 0.25) is 5.91 Å². The van der Waals surface area contributed by atoms with Crippen molar-refractivity contribution in [3.8, 4) is 5.75 Å².